The van der Waals surface area contributed by atoms with E-state index in [1.807, 2.05) is 6.07 Å². The Kier molecular flexibility index (Phi) is 6.08. The maximum atomic E-state index is 15.3. The summed E-state index contributed by atoms with van der Waals surface area (Å²) < 4.78 is 16.9. The monoisotopic (exact) mass is 472 g/mol. The van der Waals surface area contributed by atoms with Crippen LogP contribution in [0, 0.1) is 5.82 Å². The summed E-state index contributed by atoms with van der Waals surface area (Å²) in [5.41, 5.74) is 1.61. The minimum atomic E-state index is -0.633. The molecular formula is C26H25FN6O2. The average molecular weight is 473 g/mol. The van der Waals surface area contributed by atoms with Crippen molar-refractivity contribution in [1.82, 2.24) is 25.3 Å². The largest absolute Gasteiger partial charge is 0.315 e. The number of nitrogens with zero attached hydrogens (tertiary/aromatic N) is 5. The first-order chi connectivity index (χ1) is 16.9. The molecule has 8 nitrogen and oxygen atoms in total. The van der Waals surface area contributed by atoms with E-state index in [4.69, 9.17) is 0 Å². The number of nitrogens with one attached hydrogen (secondary N) is 1. The second-order valence-corrected chi connectivity index (χ2v) is 8.77. The smallest absolute Gasteiger partial charge is 0.262 e. The van der Waals surface area contributed by atoms with Gasteiger partial charge >= 0.3 is 0 Å². The number of ketones is 1. The molecule has 0 saturated carbocycles. The SMILES string of the molecule is CC(=O)c1ccc2c(N(C(=O)c3ccc(-c4cn(C)nn4)cc3F)C3CCCNC3)nccc2c1. The van der Waals surface area contributed by atoms with Gasteiger partial charge in [0.05, 0.1) is 17.8 Å². The van der Waals surface area contributed by atoms with E-state index in [-0.39, 0.29) is 17.4 Å². The van der Waals surface area contributed by atoms with Crippen molar-refractivity contribution in [3.8, 4) is 11.3 Å². The molecule has 1 aliphatic rings. The van der Waals surface area contributed by atoms with Crippen molar-refractivity contribution in [2.24, 2.45) is 7.05 Å². The van der Waals surface area contributed by atoms with Gasteiger partial charge < -0.3 is 5.32 Å². The maximum absolute atomic E-state index is 15.3. The summed E-state index contributed by atoms with van der Waals surface area (Å²) in [6, 6.07) is 11.4. The van der Waals surface area contributed by atoms with Gasteiger partial charge in [-0.05, 0) is 62.0 Å². The van der Waals surface area contributed by atoms with Crippen LogP contribution in [-0.2, 0) is 7.05 Å². The topological polar surface area (TPSA) is 93.0 Å². The van der Waals surface area contributed by atoms with E-state index < -0.39 is 11.7 Å². The van der Waals surface area contributed by atoms with Crippen molar-refractivity contribution in [3.05, 3.63) is 71.8 Å². The summed E-state index contributed by atoms with van der Waals surface area (Å²) in [5, 5.41) is 12.8. The van der Waals surface area contributed by atoms with Crippen LogP contribution in [0.3, 0.4) is 0 Å². The Hall–Kier alpha value is -3.98. The van der Waals surface area contributed by atoms with Gasteiger partial charge in [0.25, 0.3) is 5.91 Å². The number of hydrogen-bond donors (Lipinski definition) is 1. The van der Waals surface area contributed by atoms with E-state index in [9.17, 15) is 9.59 Å². The van der Waals surface area contributed by atoms with Crippen LogP contribution in [0.25, 0.3) is 22.0 Å². The van der Waals surface area contributed by atoms with Gasteiger partial charge in [-0.25, -0.2) is 9.37 Å². The molecule has 1 atom stereocenters. The molecule has 1 amide bonds. The zero-order chi connectivity index (χ0) is 24.5. The molecule has 0 aliphatic carbocycles. The summed E-state index contributed by atoms with van der Waals surface area (Å²) in [4.78, 5) is 31.9. The molecule has 2 aromatic heterocycles. The van der Waals surface area contributed by atoms with Crippen LogP contribution < -0.4 is 10.2 Å². The van der Waals surface area contributed by atoms with Crippen LogP contribution in [0.4, 0.5) is 10.2 Å². The van der Waals surface area contributed by atoms with Crippen LogP contribution in [0.15, 0.2) is 54.9 Å². The number of benzene rings is 2. The van der Waals surface area contributed by atoms with Gasteiger partial charge in [-0.3, -0.25) is 19.2 Å². The van der Waals surface area contributed by atoms with Crippen LogP contribution in [0.2, 0.25) is 0 Å². The number of pyridine rings is 1. The highest BCUT2D eigenvalue weighted by Crippen LogP contribution is 2.31. The molecule has 0 bridgehead atoms. The molecule has 3 heterocycles. The van der Waals surface area contributed by atoms with Crippen molar-refractivity contribution >= 4 is 28.3 Å². The van der Waals surface area contributed by atoms with Crippen molar-refractivity contribution < 1.29 is 14.0 Å². The van der Waals surface area contributed by atoms with Crippen molar-refractivity contribution in [2.75, 3.05) is 18.0 Å². The number of hydrogen-bond acceptors (Lipinski definition) is 6. The third-order valence-electron chi connectivity index (χ3n) is 6.33. The number of rotatable bonds is 5. The van der Waals surface area contributed by atoms with Crippen LogP contribution >= 0.6 is 0 Å². The maximum Gasteiger partial charge on any atom is 0.262 e. The van der Waals surface area contributed by atoms with Crippen molar-refractivity contribution in [2.45, 2.75) is 25.8 Å². The Morgan fingerprint density at radius 1 is 1.17 bits per heavy atom. The molecule has 178 valence electrons. The highest BCUT2D eigenvalue weighted by molar-refractivity contribution is 6.11. The first-order valence-electron chi connectivity index (χ1n) is 11.5. The average Bonchev–Trinajstić information content (AvgIpc) is 3.30. The predicted octanol–water partition coefficient (Wildman–Crippen LogP) is 3.77. The number of aryl methyl sites for hydroxylation is 1. The highest BCUT2D eigenvalue weighted by atomic mass is 19.1. The molecular weight excluding hydrogens is 447 g/mol. The molecule has 2 aromatic carbocycles. The first-order valence-corrected chi connectivity index (χ1v) is 11.5. The van der Waals surface area contributed by atoms with Crippen LogP contribution in [-0.4, -0.2) is 50.8 Å². The van der Waals surface area contributed by atoms with Crippen molar-refractivity contribution in [3.63, 3.8) is 0 Å². The van der Waals surface area contributed by atoms with E-state index in [1.54, 1.807) is 48.6 Å². The van der Waals surface area contributed by atoms with Crippen LogP contribution in [0.5, 0.6) is 0 Å². The Morgan fingerprint density at radius 2 is 2.03 bits per heavy atom. The number of amides is 1. The number of fused-ring (bicyclic) bond motifs is 1. The zero-order valence-electron chi connectivity index (χ0n) is 19.5. The van der Waals surface area contributed by atoms with Gasteiger partial charge in [0.15, 0.2) is 5.78 Å². The molecule has 1 saturated heterocycles. The number of halogens is 1. The predicted molar refractivity (Wildman–Crippen MR) is 131 cm³/mol. The van der Waals surface area contributed by atoms with E-state index in [1.165, 1.54) is 23.7 Å². The van der Waals surface area contributed by atoms with Gasteiger partial charge in [-0.15, -0.1) is 5.10 Å². The molecule has 5 rings (SSSR count). The van der Waals surface area contributed by atoms with Crippen molar-refractivity contribution in [1.29, 1.82) is 0 Å². The first kappa shape index (κ1) is 22.8. The Balaban J connectivity index is 1.59. The molecule has 1 fully saturated rings. The molecule has 9 heteroatoms. The Morgan fingerprint density at radius 3 is 2.71 bits per heavy atom. The molecule has 1 unspecified atom stereocenters. The number of aromatic nitrogens is 4. The van der Waals surface area contributed by atoms with E-state index in [2.05, 4.69) is 20.6 Å². The Labute approximate surface area is 201 Å². The number of Topliss-reactive ketones (excluding diaryl/α,β-unsaturated/α-hetero) is 1. The van der Waals surface area contributed by atoms with E-state index in [0.29, 0.717) is 29.2 Å². The second kappa shape index (κ2) is 9.34. The van der Waals surface area contributed by atoms with Gasteiger partial charge in [0.1, 0.15) is 17.3 Å². The third-order valence-corrected chi connectivity index (χ3v) is 6.33. The number of carbonyl (C=O) groups excluding carboxylic acids is 2. The van der Waals surface area contributed by atoms with E-state index >= 15 is 4.39 Å². The van der Waals surface area contributed by atoms with Gasteiger partial charge in [-0.2, -0.15) is 0 Å². The number of anilines is 1. The Bertz CT molecular complexity index is 1430. The summed E-state index contributed by atoms with van der Waals surface area (Å²) >= 11 is 0. The number of carbonyl (C=O) groups is 2. The molecule has 1 N–H and O–H groups in total. The fraction of sp³-hybridized carbons (Fsp3) is 0.269. The minimum absolute atomic E-state index is 0.0395. The molecule has 0 radical (unpaired) electrons. The second-order valence-electron chi connectivity index (χ2n) is 8.77. The third kappa shape index (κ3) is 4.42. The lowest BCUT2D eigenvalue weighted by Crippen LogP contribution is -2.49. The summed E-state index contributed by atoms with van der Waals surface area (Å²) in [6.07, 6.45) is 4.96. The summed E-state index contributed by atoms with van der Waals surface area (Å²) in [7, 11) is 1.73. The van der Waals surface area contributed by atoms with Crippen LogP contribution in [0.1, 0.15) is 40.5 Å². The fourth-order valence-electron chi connectivity index (χ4n) is 4.52. The normalized spacial score (nSPS) is 15.8. The van der Waals surface area contributed by atoms with E-state index in [0.717, 1.165) is 30.2 Å². The summed E-state index contributed by atoms with van der Waals surface area (Å²) in [5.74, 6) is -0.683. The highest BCUT2D eigenvalue weighted by Gasteiger charge is 2.31. The lowest BCUT2D eigenvalue weighted by Gasteiger charge is -2.34. The zero-order valence-corrected chi connectivity index (χ0v) is 19.5. The molecule has 1 aliphatic heterocycles. The van der Waals surface area contributed by atoms with Gasteiger partial charge in [-0.1, -0.05) is 17.3 Å². The standard InChI is InChI=1S/C26H25FN6O2/c1-16(34)17-5-7-21-18(12-17)9-11-29-25(21)33(20-4-3-10-28-14-20)26(35)22-8-6-19(13-23(22)27)24-15-32(2)31-30-24/h5-9,11-13,15,20,28H,3-4,10,14H2,1-2H3. The lowest BCUT2D eigenvalue weighted by molar-refractivity contribution is 0.0966. The minimum Gasteiger partial charge on any atom is -0.315 e. The molecule has 35 heavy (non-hydrogen) atoms. The van der Waals surface area contributed by atoms with Gasteiger partial charge in [0.2, 0.25) is 0 Å². The quantitative estimate of drug-likeness (QED) is 0.445. The molecule has 4 aromatic rings. The molecule has 0 spiro atoms. The summed E-state index contributed by atoms with van der Waals surface area (Å²) in [6.45, 7) is 2.96. The lowest BCUT2D eigenvalue weighted by atomic mass is 10.0. The van der Waals surface area contributed by atoms with Gasteiger partial charge in [0, 0.05) is 36.3 Å². The fourth-order valence-corrected chi connectivity index (χ4v) is 4.52. The number of piperidine rings is 1.